The Labute approximate surface area is 151 Å². The maximum Gasteiger partial charge on any atom is 0.408 e. The fraction of sp³-hybridized carbons (Fsp3) is 0.471. The zero-order valence-electron chi connectivity index (χ0n) is 14.3. The molecule has 1 atom stereocenters. The van der Waals surface area contributed by atoms with Gasteiger partial charge in [-0.1, -0.05) is 30.3 Å². The molecule has 9 nitrogen and oxygen atoms in total. The van der Waals surface area contributed by atoms with Gasteiger partial charge in [0.05, 0.1) is 13.0 Å². The Morgan fingerprint density at radius 2 is 1.81 bits per heavy atom. The number of alkyl carbamates (subject to hydrolysis) is 1. The van der Waals surface area contributed by atoms with Gasteiger partial charge in [-0.2, -0.15) is 0 Å². The number of aliphatic hydroxyl groups excluding tert-OH is 2. The van der Waals surface area contributed by atoms with Gasteiger partial charge in [-0.25, -0.2) is 9.59 Å². The highest BCUT2D eigenvalue weighted by Gasteiger charge is 2.22. The summed E-state index contributed by atoms with van der Waals surface area (Å²) in [7, 11) is 0. The van der Waals surface area contributed by atoms with E-state index < -0.39 is 24.7 Å². The Kier molecular flexibility index (Phi) is 10.4. The number of carbonyl (C=O) groups is 3. The molecule has 0 fully saturated rings. The minimum absolute atomic E-state index is 0.0217. The summed E-state index contributed by atoms with van der Waals surface area (Å²) in [4.78, 5) is 34.9. The van der Waals surface area contributed by atoms with Gasteiger partial charge in [0, 0.05) is 13.2 Å². The fourth-order valence-electron chi connectivity index (χ4n) is 1.83. The second-order valence-electron chi connectivity index (χ2n) is 5.29. The van der Waals surface area contributed by atoms with Crippen LogP contribution in [0.15, 0.2) is 30.3 Å². The maximum absolute atomic E-state index is 11.8. The molecule has 0 heterocycles. The smallest absolute Gasteiger partial charge is 0.408 e. The third-order valence-electron chi connectivity index (χ3n) is 3.20. The van der Waals surface area contributed by atoms with E-state index in [0.717, 1.165) is 5.56 Å². The van der Waals surface area contributed by atoms with Crippen LogP contribution in [0.5, 0.6) is 0 Å². The van der Waals surface area contributed by atoms with Crippen LogP contribution in [0.2, 0.25) is 0 Å². The van der Waals surface area contributed by atoms with Crippen molar-refractivity contribution in [3.63, 3.8) is 0 Å². The molecule has 0 radical (unpaired) electrons. The van der Waals surface area contributed by atoms with Crippen LogP contribution in [-0.4, -0.2) is 60.6 Å². The summed E-state index contributed by atoms with van der Waals surface area (Å²) in [5.41, 5.74) is 0.776. The summed E-state index contributed by atoms with van der Waals surface area (Å²) < 4.78 is 9.81. The zero-order chi connectivity index (χ0) is 19.2. The van der Waals surface area contributed by atoms with Crippen molar-refractivity contribution >= 4 is 18.0 Å². The van der Waals surface area contributed by atoms with Gasteiger partial charge in [0.2, 0.25) is 5.91 Å². The average Bonchev–Trinajstić information content (AvgIpc) is 2.65. The van der Waals surface area contributed by atoms with Gasteiger partial charge in [-0.15, -0.1) is 0 Å². The van der Waals surface area contributed by atoms with Crippen molar-refractivity contribution in [1.29, 1.82) is 0 Å². The Hall–Kier alpha value is -2.65. The van der Waals surface area contributed by atoms with Crippen molar-refractivity contribution in [1.82, 2.24) is 10.6 Å². The molecule has 26 heavy (non-hydrogen) atoms. The van der Waals surface area contributed by atoms with Crippen LogP contribution in [-0.2, 0) is 25.7 Å². The van der Waals surface area contributed by atoms with Gasteiger partial charge in [-0.05, 0) is 12.0 Å². The lowest BCUT2D eigenvalue weighted by atomic mass is 10.2. The first kappa shape index (κ1) is 21.4. The van der Waals surface area contributed by atoms with Crippen molar-refractivity contribution in [2.24, 2.45) is 0 Å². The number of carbonyl (C=O) groups excluding carboxylic acids is 3. The Morgan fingerprint density at radius 1 is 1.08 bits per heavy atom. The molecule has 2 amide bonds. The molecule has 0 saturated carbocycles. The van der Waals surface area contributed by atoms with Crippen molar-refractivity contribution in [3.05, 3.63) is 35.9 Å². The monoisotopic (exact) mass is 368 g/mol. The summed E-state index contributed by atoms with van der Waals surface area (Å²) in [6.07, 6.45) is -0.493. The van der Waals surface area contributed by atoms with E-state index in [1.807, 2.05) is 6.07 Å². The topological polar surface area (TPSA) is 134 Å². The highest BCUT2D eigenvalue weighted by molar-refractivity contribution is 5.82. The number of benzene rings is 1. The second kappa shape index (κ2) is 12.7. The minimum atomic E-state index is -1.28. The van der Waals surface area contributed by atoms with E-state index in [9.17, 15) is 19.5 Å². The molecule has 0 unspecified atom stereocenters. The molecular weight excluding hydrogens is 344 g/mol. The number of amides is 2. The molecule has 0 aliphatic rings. The van der Waals surface area contributed by atoms with Gasteiger partial charge in [0.15, 0.2) is 6.04 Å². The lowest BCUT2D eigenvalue weighted by molar-refractivity contribution is -0.147. The van der Waals surface area contributed by atoms with E-state index in [1.54, 1.807) is 24.3 Å². The quantitative estimate of drug-likeness (QED) is 0.311. The molecule has 0 bridgehead atoms. The SMILES string of the molecule is O=C(CCOC(=O)[C@H](CO)NC(=O)OCc1ccccc1)NCCCO. The van der Waals surface area contributed by atoms with E-state index in [-0.39, 0.29) is 32.1 Å². The summed E-state index contributed by atoms with van der Waals surface area (Å²) in [6, 6.07) is 7.69. The average molecular weight is 368 g/mol. The van der Waals surface area contributed by atoms with Crippen LogP contribution in [0.4, 0.5) is 4.79 Å². The van der Waals surface area contributed by atoms with E-state index in [2.05, 4.69) is 10.6 Å². The van der Waals surface area contributed by atoms with Gasteiger partial charge in [0.1, 0.15) is 13.2 Å². The molecule has 1 aromatic carbocycles. The number of rotatable bonds is 11. The van der Waals surface area contributed by atoms with E-state index >= 15 is 0 Å². The molecule has 0 saturated heterocycles. The van der Waals surface area contributed by atoms with Crippen molar-refractivity contribution in [2.75, 3.05) is 26.4 Å². The van der Waals surface area contributed by atoms with E-state index in [1.165, 1.54) is 0 Å². The first-order chi connectivity index (χ1) is 12.6. The van der Waals surface area contributed by atoms with Crippen molar-refractivity contribution in [2.45, 2.75) is 25.5 Å². The van der Waals surface area contributed by atoms with Crippen LogP contribution < -0.4 is 10.6 Å². The third-order valence-corrected chi connectivity index (χ3v) is 3.20. The number of nitrogens with one attached hydrogen (secondary N) is 2. The molecule has 144 valence electrons. The summed E-state index contributed by atoms with van der Waals surface area (Å²) in [5, 5.41) is 22.5. The predicted octanol–water partition coefficient (Wildman–Crippen LogP) is -0.294. The molecule has 0 aliphatic heterocycles. The number of hydrogen-bond donors (Lipinski definition) is 4. The largest absolute Gasteiger partial charge is 0.464 e. The number of aliphatic hydroxyl groups is 2. The Morgan fingerprint density at radius 3 is 2.46 bits per heavy atom. The summed E-state index contributed by atoms with van der Waals surface area (Å²) >= 11 is 0. The standard InChI is InChI=1S/C17H24N2O7/c20-9-4-8-18-15(22)7-10-25-16(23)14(11-21)19-17(24)26-12-13-5-2-1-3-6-13/h1-3,5-6,14,20-21H,4,7-12H2,(H,18,22)(H,19,24)/t14-/m0/s1. The highest BCUT2D eigenvalue weighted by Crippen LogP contribution is 2.01. The van der Waals surface area contributed by atoms with Gasteiger partial charge >= 0.3 is 12.1 Å². The first-order valence-corrected chi connectivity index (χ1v) is 8.19. The second-order valence-corrected chi connectivity index (χ2v) is 5.29. The molecule has 1 aromatic rings. The molecule has 0 aromatic heterocycles. The lowest BCUT2D eigenvalue weighted by Gasteiger charge is -2.15. The lowest BCUT2D eigenvalue weighted by Crippen LogP contribution is -2.44. The third kappa shape index (κ3) is 9.00. The Bertz CT molecular complexity index is 565. The number of hydrogen-bond acceptors (Lipinski definition) is 7. The van der Waals surface area contributed by atoms with Gasteiger partial charge in [0.25, 0.3) is 0 Å². The molecule has 1 rings (SSSR count). The normalized spacial score (nSPS) is 11.3. The molecular formula is C17H24N2O7. The number of esters is 1. The van der Waals surface area contributed by atoms with Crippen LogP contribution in [0.3, 0.4) is 0 Å². The predicted molar refractivity (Wildman–Crippen MR) is 90.9 cm³/mol. The van der Waals surface area contributed by atoms with Crippen LogP contribution in [0.1, 0.15) is 18.4 Å². The zero-order valence-corrected chi connectivity index (χ0v) is 14.3. The van der Waals surface area contributed by atoms with E-state index in [4.69, 9.17) is 14.6 Å². The maximum atomic E-state index is 11.8. The number of ether oxygens (including phenoxy) is 2. The molecule has 0 spiro atoms. The fourth-order valence-corrected chi connectivity index (χ4v) is 1.83. The first-order valence-electron chi connectivity index (χ1n) is 8.19. The summed E-state index contributed by atoms with van der Waals surface area (Å²) in [5.74, 6) is -1.20. The van der Waals surface area contributed by atoms with Crippen LogP contribution >= 0.6 is 0 Å². The summed E-state index contributed by atoms with van der Waals surface area (Å²) in [6.45, 7) is -0.534. The van der Waals surface area contributed by atoms with Crippen LogP contribution in [0.25, 0.3) is 0 Å². The van der Waals surface area contributed by atoms with Crippen LogP contribution in [0, 0.1) is 0 Å². The Balaban J connectivity index is 2.27. The molecule has 0 aliphatic carbocycles. The minimum Gasteiger partial charge on any atom is -0.464 e. The van der Waals surface area contributed by atoms with Gasteiger partial charge in [-0.3, -0.25) is 4.79 Å². The molecule has 4 N–H and O–H groups in total. The molecule has 9 heteroatoms. The van der Waals surface area contributed by atoms with Crippen molar-refractivity contribution in [3.8, 4) is 0 Å². The van der Waals surface area contributed by atoms with Gasteiger partial charge < -0.3 is 30.3 Å². The highest BCUT2D eigenvalue weighted by atomic mass is 16.6. The van der Waals surface area contributed by atoms with E-state index in [0.29, 0.717) is 13.0 Å². The van der Waals surface area contributed by atoms with Crippen molar-refractivity contribution < 1.29 is 34.1 Å².